The Labute approximate surface area is 223 Å². The highest BCUT2D eigenvalue weighted by molar-refractivity contribution is 8.00. The molecule has 0 spiro atoms. The molecule has 0 aromatic heterocycles. The average molecular weight is 544 g/mol. The van der Waals surface area contributed by atoms with Crippen LogP contribution in [0.25, 0.3) is 0 Å². The average Bonchev–Trinajstić information content (AvgIpc) is 3.51. The van der Waals surface area contributed by atoms with Gasteiger partial charge in [-0.15, -0.1) is 23.4 Å². The first-order valence-electron chi connectivity index (χ1n) is 13.4. The van der Waals surface area contributed by atoms with Gasteiger partial charge >= 0.3 is 0 Å². The summed E-state index contributed by atoms with van der Waals surface area (Å²) in [6.45, 7) is 7.92. The van der Waals surface area contributed by atoms with Crippen molar-refractivity contribution in [2.45, 2.75) is 67.2 Å². The van der Waals surface area contributed by atoms with Crippen molar-refractivity contribution in [1.29, 1.82) is 0 Å². The molecule has 0 aromatic rings. The minimum absolute atomic E-state index is 0.0595. The predicted octanol–water partition coefficient (Wildman–Crippen LogP) is -0.440. The van der Waals surface area contributed by atoms with Crippen LogP contribution in [0, 0.1) is 23.7 Å². The summed E-state index contributed by atoms with van der Waals surface area (Å²) in [5.41, 5.74) is 3.05. The van der Waals surface area contributed by atoms with Crippen LogP contribution in [0.1, 0.15) is 26.7 Å². The lowest BCUT2D eigenvalue weighted by atomic mass is 9.70. The third kappa shape index (κ3) is 5.40. The first kappa shape index (κ1) is 26.9. The Balaban J connectivity index is 1.17. The van der Waals surface area contributed by atoms with Gasteiger partial charge in [-0.1, -0.05) is 6.92 Å². The maximum Gasteiger partial charge on any atom is 0.241 e. The largest absolute Gasteiger partial charge is 0.380 e. The second-order valence-corrected chi connectivity index (χ2v) is 13.2. The minimum atomic E-state index is -0.133. The Morgan fingerprint density at radius 3 is 2.58 bits per heavy atom. The van der Waals surface area contributed by atoms with Gasteiger partial charge in [0.05, 0.1) is 17.5 Å². The zero-order chi connectivity index (χ0) is 25.6. The van der Waals surface area contributed by atoms with E-state index in [-0.39, 0.29) is 64.0 Å². The van der Waals surface area contributed by atoms with Crippen molar-refractivity contribution in [1.82, 2.24) is 36.6 Å². The molecule has 0 radical (unpaired) electrons. The van der Waals surface area contributed by atoms with Gasteiger partial charge in [-0.05, 0) is 37.5 Å². The maximum absolute atomic E-state index is 13.6. The van der Waals surface area contributed by atoms with Gasteiger partial charge in [0.1, 0.15) is 11.5 Å². The summed E-state index contributed by atoms with van der Waals surface area (Å²) in [5.74, 6) is 0.912. The van der Waals surface area contributed by atoms with E-state index >= 15 is 0 Å². The fourth-order valence-corrected chi connectivity index (χ4v) is 8.62. The number of likely N-dealkylation sites (N-methyl/N-ethyl adjacent to an activating group) is 1. The number of hydrazine groups is 1. The van der Waals surface area contributed by atoms with Crippen molar-refractivity contribution >= 4 is 35.2 Å². The van der Waals surface area contributed by atoms with Gasteiger partial charge in [0.25, 0.3) is 0 Å². The van der Waals surface area contributed by atoms with Crippen LogP contribution < -0.4 is 26.7 Å². The highest BCUT2D eigenvalue weighted by Crippen LogP contribution is 2.38. The summed E-state index contributed by atoms with van der Waals surface area (Å²) in [6, 6.07) is 0.443. The third-order valence-electron chi connectivity index (χ3n) is 8.91. The molecule has 5 rings (SSSR count). The first-order chi connectivity index (χ1) is 17.2. The number of carbonyl (C=O) groups excluding carboxylic acids is 2. The minimum Gasteiger partial charge on any atom is -0.380 e. The molecule has 11 atom stereocenters. The van der Waals surface area contributed by atoms with Crippen molar-refractivity contribution in [3.63, 3.8) is 0 Å². The van der Waals surface area contributed by atoms with Crippen molar-refractivity contribution in [2.75, 3.05) is 46.9 Å². The van der Waals surface area contributed by atoms with E-state index in [1.54, 1.807) is 18.9 Å². The van der Waals surface area contributed by atoms with E-state index in [1.165, 1.54) is 0 Å². The molecule has 11 unspecified atom stereocenters. The lowest BCUT2D eigenvalue weighted by Gasteiger charge is -2.45. The van der Waals surface area contributed by atoms with Crippen LogP contribution in [0.5, 0.6) is 0 Å². The first-order valence-corrected chi connectivity index (χ1v) is 14.7. The summed E-state index contributed by atoms with van der Waals surface area (Å²) in [6.07, 6.45) is 1.79. The molecule has 12 heteroatoms. The van der Waals surface area contributed by atoms with Gasteiger partial charge in [0.2, 0.25) is 11.8 Å². The number of amides is 2. The Morgan fingerprint density at radius 1 is 1.08 bits per heavy atom. The summed E-state index contributed by atoms with van der Waals surface area (Å²) >= 11 is 8.21. The Morgan fingerprint density at radius 2 is 1.89 bits per heavy atom. The number of likely N-dealkylation sites (tertiary alicyclic amines) is 1. The molecule has 36 heavy (non-hydrogen) atoms. The van der Waals surface area contributed by atoms with Gasteiger partial charge in [0, 0.05) is 64.2 Å². The van der Waals surface area contributed by atoms with E-state index < -0.39 is 0 Å². The number of hydrogen-bond donors (Lipinski definition) is 5. The molecule has 5 aliphatic heterocycles. The lowest BCUT2D eigenvalue weighted by Crippen LogP contribution is -2.57. The number of alkyl halides is 1. The molecular weight excluding hydrogens is 502 g/mol. The summed E-state index contributed by atoms with van der Waals surface area (Å²) in [4.78, 5) is 28.7. The summed E-state index contributed by atoms with van der Waals surface area (Å²) in [7, 11) is 3.70. The molecule has 5 aliphatic rings. The number of ether oxygens (including phenoxy) is 1. The van der Waals surface area contributed by atoms with Crippen LogP contribution in [0.2, 0.25) is 0 Å². The normalized spacial score (nSPS) is 45.6. The van der Waals surface area contributed by atoms with Crippen LogP contribution in [0.15, 0.2) is 0 Å². The van der Waals surface area contributed by atoms with Crippen molar-refractivity contribution in [3.05, 3.63) is 0 Å². The number of methoxy groups -OCH3 is 1. The Kier molecular flexibility index (Phi) is 8.39. The number of nitrogens with zero attached hydrogens (tertiary/aromatic N) is 2. The fourth-order valence-electron chi connectivity index (χ4n) is 6.92. The predicted molar refractivity (Wildman–Crippen MR) is 141 cm³/mol. The molecule has 5 saturated heterocycles. The number of piperidine rings is 2. The smallest absolute Gasteiger partial charge is 0.241 e. The van der Waals surface area contributed by atoms with Gasteiger partial charge in [-0.25, -0.2) is 5.01 Å². The van der Waals surface area contributed by atoms with Gasteiger partial charge < -0.3 is 20.3 Å². The van der Waals surface area contributed by atoms with E-state index in [9.17, 15) is 9.59 Å². The molecule has 0 aromatic carbocycles. The number of rotatable bonds is 5. The second-order valence-electron chi connectivity index (χ2n) is 11.3. The van der Waals surface area contributed by atoms with Crippen LogP contribution in [0.3, 0.4) is 0 Å². The zero-order valence-electron chi connectivity index (χ0n) is 21.7. The monoisotopic (exact) mass is 543 g/mol. The molecular formula is C24H42ClN7O3S. The van der Waals surface area contributed by atoms with Crippen LogP contribution >= 0.6 is 23.4 Å². The SMILES string of the molecule is COC1CNC(Cl)CC1C1CC(C)NCC1C(=O)NC1NC2CN(C(=O)C3C(C)CNN3C)CC2S1. The van der Waals surface area contributed by atoms with Gasteiger partial charge in [-0.2, -0.15) is 0 Å². The van der Waals surface area contributed by atoms with Crippen LogP contribution in [-0.2, 0) is 14.3 Å². The third-order valence-corrected chi connectivity index (χ3v) is 10.6. The Hall–Kier alpha value is -0.660. The highest BCUT2D eigenvalue weighted by atomic mass is 35.5. The zero-order valence-corrected chi connectivity index (χ0v) is 23.3. The second kappa shape index (κ2) is 11.2. The van der Waals surface area contributed by atoms with Gasteiger partial charge in [-0.3, -0.25) is 25.6 Å². The van der Waals surface area contributed by atoms with Crippen molar-refractivity contribution in [3.8, 4) is 0 Å². The summed E-state index contributed by atoms with van der Waals surface area (Å²) < 4.78 is 5.80. The van der Waals surface area contributed by atoms with Crippen molar-refractivity contribution < 1.29 is 14.3 Å². The van der Waals surface area contributed by atoms with Crippen molar-refractivity contribution in [2.24, 2.45) is 23.7 Å². The standard InChI is InChI=1S/C24H42ClN7O3S/c1-12-7-28-31(3)21(12)23(34)32-10-17-19(11-32)36-24(29-17)30-22(33)16-8-26-13(2)5-14(16)15-6-20(25)27-9-18(15)35-4/h12-21,24,26-29H,5-11H2,1-4H3,(H,30,33). The molecule has 204 valence electrons. The topological polar surface area (TPSA) is 110 Å². The number of nitrogens with one attached hydrogen (secondary N) is 5. The molecule has 5 heterocycles. The van der Waals surface area contributed by atoms with E-state index in [4.69, 9.17) is 16.3 Å². The number of carbonyl (C=O) groups is 2. The van der Waals surface area contributed by atoms with Gasteiger partial charge in [0.15, 0.2) is 0 Å². The Bertz CT molecular complexity index is 803. The molecule has 2 amide bonds. The maximum atomic E-state index is 13.6. The molecule has 0 bridgehead atoms. The fraction of sp³-hybridized carbons (Fsp3) is 0.917. The number of hydrogen-bond acceptors (Lipinski definition) is 9. The van der Waals surface area contributed by atoms with Crippen LogP contribution in [-0.4, -0.2) is 109 Å². The summed E-state index contributed by atoms with van der Waals surface area (Å²) in [5, 5.41) is 15.9. The van der Waals surface area contributed by atoms with Crippen LogP contribution in [0.4, 0.5) is 0 Å². The van der Waals surface area contributed by atoms with E-state index in [1.807, 2.05) is 17.0 Å². The molecule has 10 nitrogen and oxygen atoms in total. The molecule has 5 N–H and O–H groups in total. The lowest BCUT2D eigenvalue weighted by molar-refractivity contribution is -0.136. The van der Waals surface area contributed by atoms with E-state index in [0.717, 1.165) is 25.9 Å². The highest BCUT2D eigenvalue weighted by Gasteiger charge is 2.48. The number of thioether (sulfide) groups is 1. The molecule has 0 aliphatic carbocycles. The molecule has 5 fully saturated rings. The van der Waals surface area contributed by atoms with E-state index in [2.05, 4.69) is 40.5 Å². The number of halogens is 1. The van der Waals surface area contributed by atoms with E-state index in [0.29, 0.717) is 31.6 Å². The quantitative estimate of drug-likeness (QED) is 0.233. The number of fused-ring (bicyclic) bond motifs is 1. The molecule has 0 saturated carbocycles.